The molecule has 0 bridgehead atoms. The molecule has 0 saturated carbocycles. The van der Waals surface area contributed by atoms with E-state index in [2.05, 4.69) is 19.6 Å². The predicted octanol–water partition coefficient (Wildman–Crippen LogP) is 5.76. The van der Waals surface area contributed by atoms with Crippen LogP contribution in [-0.2, 0) is 0 Å². The maximum atomic E-state index is 6.15. The van der Waals surface area contributed by atoms with Gasteiger partial charge in [-0.3, -0.25) is 0 Å². The van der Waals surface area contributed by atoms with Crippen molar-refractivity contribution in [3.63, 3.8) is 0 Å². The van der Waals surface area contributed by atoms with Crippen molar-refractivity contribution < 1.29 is 0 Å². The van der Waals surface area contributed by atoms with Gasteiger partial charge in [-0.05, 0) is 25.7 Å². The van der Waals surface area contributed by atoms with Gasteiger partial charge in [0.15, 0.2) is 0 Å². The SMILES string of the molecule is C=C/C=C\CCCCCCC(N)CCCCCCC. The van der Waals surface area contributed by atoms with Crippen molar-refractivity contribution in [3.8, 4) is 0 Å². The summed E-state index contributed by atoms with van der Waals surface area (Å²) < 4.78 is 0. The van der Waals surface area contributed by atoms with Crippen LogP contribution in [0.1, 0.15) is 84.0 Å². The van der Waals surface area contributed by atoms with Crippen molar-refractivity contribution in [2.24, 2.45) is 5.73 Å². The van der Waals surface area contributed by atoms with Crippen LogP contribution < -0.4 is 5.73 Å². The second kappa shape index (κ2) is 15.5. The highest BCUT2D eigenvalue weighted by molar-refractivity contribution is 4.96. The minimum atomic E-state index is 0.447. The fourth-order valence-corrected chi connectivity index (χ4v) is 2.37. The molecule has 1 heteroatoms. The lowest BCUT2D eigenvalue weighted by molar-refractivity contribution is 0.488. The Hall–Kier alpha value is -0.560. The zero-order valence-corrected chi connectivity index (χ0v) is 13.1. The smallest absolute Gasteiger partial charge is 0.00388 e. The van der Waals surface area contributed by atoms with Crippen LogP contribution in [0, 0.1) is 0 Å². The maximum absolute atomic E-state index is 6.15. The van der Waals surface area contributed by atoms with Gasteiger partial charge in [-0.2, -0.15) is 0 Å². The van der Waals surface area contributed by atoms with Crippen LogP contribution in [-0.4, -0.2) is 6.04 Å². The first-order chi connectivity index (χ1) is 9.31. The Morgan fingerprint density at radius 1 is 0.895 bits per heavy atom. The predicted molar refractivity (Wildman–Crippen MR) is 88.4 cm³/mol. The van der Waals surface area contributed by atoms with E-state index >= 15 is 0 Å². The lowest BCUT2D eigenvalue weighted by Crippen LogP contribution is -2.19. The summed E-state index contributed by atoms with van der Waals surface area (Å²) in [5, 5.41) is 0. The Bertz CT molecular complexity index is 208. The van der Waals surface area contributed by atoms with E-state index in [0.717, 1.165) is 0 Å². The van der Waals surface area contributed by atoms with E-state index < -0.39 is 0 Å². The van der Waals surface area contributed by atoms with Crippen molar-refractivity contribution in [1.29, 1.82) is 0 Å². The molecule has 0 aromatic carbocycles. The molecule has 0 aromatic rings. The first kappa shape index (κ1) is 18.4. The summed E-state index contributed by atoms with van der Waals surface area (Å²) in [7, 11) is 0. The largest absolute Gasteiger partial charge is 0.328 e. The fraction of sp³-hybridized carbons (Fsp3) is 0.778. The maximum Gasteiger partial charge on any atom is 0.00388 e. The lowest BCUT2D eigenvalue weighted by atomic mass is 10.0. The summed E-state index contributed by atoms with van der Waals surface area (Å²) >= 11 is 0. The molecule has 0 aromatic heterocycles. The number of hydrogen-bond donors (Lipinski definition) is 1. The zero-order chi connectivity index (χ0) is 14.2. The van der Waals surface area contributed by atoms with E-state index in [4.69, 9.17) is 5.73 Å². The molecule has 0 aliphatic carbocycles. The summed E-state index contributed by atoms with van der Waals surface area (Å²) in [5.41, 5.74) is 6.15. The molecule has 0 aliphatic rings. The average molecular weight is 265 g/mol. The van der Waals surface area contributed by atoms with Gasteiger partial charge in [0, 0.05) is 6.04 Å². The number of hydrogen-bond acceptors (Lipinski definition) is 1. The molecule has 0 rings (SSSR count). The second-order valence-electron chi connectivity index (χ2n) is 5.62. The van der Waals surface area contributed by atoms with E-state index in [-0.39, 0.29) is 0 Å². The fourth-order valence-electron chi connectivity index (χ4n) is 2.37. The van der Waals surface area contributed by atoms with Crippen LogP contribution in [0.3, 0.4) is 0 Å². The number of rotatable bonds is 14. The molecule has 1 nitrogen and oxygen atoms in total. The Labute approximate surface area is 121 Å². The third-order valence-corrected chi connectivity index (χ3v) is 3.65. The first-order valence-electron chi connectivity index (χ1n) is 8.34. The van der Waals surface area contributed by atoms with Crippen LogP contribution in [0.4, 0.5) is 0 Å². The van der Waals surface area contributed by atoms with E-state index in [9.17, 15) is 0 Å². The van der Waals surface area contributed by atoms with E-state index in [0.29, 0.717) is 6.04 Å². The van der Waals surface area contributed by atoms with Crippen LogP contribution in [0.2, 0.25) is 0 Å². The Morgan fingerprint density at radius 2 is 1.47 bits per heavy atom. The first-order valence-corrected chi connectivity index (χ1v) is 8.34. The molecule has 0 heterocycles. The van der Waals surface area contributed by atoms with Gasteiger partial charge in [0.2, 0.25) is 0 Å². The Morgan fingerprint density at radius 3 is 2.05 bits per heavy atom. The summed E-state index contributed by atoms with van der Waals surface area (Å²) in [6.45, 7) is 5.93. The molecular formula is C18H35N. The van der Waals surface area contributed by atoms with E-state index in [1.807, 2.05) is 12.2 Å². The zero-order valence-electron chi connectivity index (χ0n) is 13.1. The van der Waals surface area contributed by atoms with Crippen molar-refractivity contribution in [3.05, 3.63) is 24.8 Å². The number of unbranched alkanes of at least 4 members (excludes halogenated alkanes) is 8. The Kier molecular flexibility index (Phi) is 15.0. The standard InChI is InChI=1S/C18H35N/c1-3-5-7-9-10-11-13-15-17-18(19)16-14-12-8-6-4-2/h3,5,7,18H,1,4,6,8-17,19H2,2H3/b7-5-. The topological polar surface area (TPSA) is 26.0 Å². The van der Waals surface area contributed by atoms with Crippen molar-refractivity contribution in [1.82, 2.24) is 0 Å². The molecule has 0 spiro atoms. The second-order valence-corrected chi connectivity index (χ2v) is 5.62. The minimum absolute atomic E-state index is 0.447. The van der Waals surface area contributed by atoms with Crippen molar-refractivity contribution >= 4 is 0 Å². The van der Waals surface area contributed by atoms with Gasteiger partial charge in [-0.25, -0.2) is 0 Å². The summed E-state index contributed by atoms with van der Waals surface area (Å²) in [6.07, 6.45) is 21.8. The monoisotopic (exact) mass is 265 g/mol. The van der Waals surface area contributed by atoms with Crippen LogP contribution in [0.15, 0.2) is 24.8 Å². The van der Waals surface area contributed by atoms with Gasteiger partial charge in [-0.15, -0.1) is 0 Å². The van der Waals surface area contributed by atoms with E-state index in [1.54, 1.807) is 0 Å². The van der Waals surface area contributed by atoms with Crippen LogP contribution in [0.5, 0.6) is 0 Å². The van der Waals surface area contributed by atoms with Crippen molar-refractivity contribution in [2.45, 2.75) is 90.0 Å². The molecule has 0 aliphatic heterocycles. The summed E-state index contributed by atoms with van der Waals surface area (Å²) in [5.74, 6) is 0. The molecule has 1 unspecified atom stereocenters. The number of allylic oxidation sites excluding steroid dienone is 3. The average Bonchev–Trinajstić information content (AvgIpc) is 2.41. The van der Waals surface area contributed by atoms with Crippen LogP contribution in [0.25, 0.3) is 0 Å². The van der Waals surface area contributed by atoms with Crippen LogP contribution >= 0.6 is 0 Å². The normalized spacial score (nSPS) is 12.9. The quantitative estimate of drug-likeness (QED) is 0.314. The molecule has 112 valence electrons. The molecule has 0 radical (unpaired) electrons. The highest BCUT2D eigenvalue weighted by Gasteiger charge is 2.01. The molecular weight excluding hydrogens is 230 g/mol. The molecule has 0 saturated heterocycles. The highest BCUT2D eigenvalue weighted by Crippen LogP contribution is 2.12. The van der Waals surface area contributed by atoms with E-state index in [1.165, 1.54) is 77.0 Å². The minimum Gasteiger partial charge on any atom is -0.328 e. The molecule has 0 amide bonds. The van der Waals surface area contributed by atoms with Gasteiger partial charge in [0.05, 0.1) is 0 Å². The van der Waals surface area contributed by atoms with Gasteiger partial charge in [0.1, 0.15) is 0 Å². The van der Waals surface area contributed by atoms with Gasteiger partial charge >= 0.3 is 0 Å². The molecule has 19 heavy (non-hydrogen) atoms. The third-order valence-electron chi connectivity index (χ3n) is 3.65. The number of nitrogens with two attached hydrogens (primary N) is 1. The molecule has 0 fully saturated rings. The Balaban J connectivity index is 3.17. The van der Waals surface area contributed by atoms with Gasteiger partial charge in [-0.1, -0.05) is 83.1 Å². The lowest BCUT2D eigenvalue weighted by Gasteiger charge is -2.11. The summed E-state index contributed by atoms with van der Waals surface area (Å²) in [6, 6.07) is 0.447. The van der Waals surface area contributed by atoms with Gasteiger partial charge < -0.3 is 5.73 Å². The van der Waals surface area contributed by atoms with Gasteiger partial charge in [0.25, 0.3) is 0 Å². The molecule has 2 N–H and O–H groups in total. The molecule has 1 atom stereocenters. The summed E-state index contributed by atoms with van der Waals surface area (Å²) in [4.78, 5) is 0. The van der Waals surface area contributed by atoms with Crippen molar-refractivity contribution in [2.75, 3.05) is 0 Å². The highest BCUT2D eigenvalue weighted by atomic mass is 14.6. The third kappa shape index (κ3) is 15.4.